The predicted octanol–water partition coefficient (Wildman–Crippen LogP) is 3.48. The topological polar surface area (TPSA) is 77.2 Å². The number of halogens is 1. The van der Waals surface area contributed by atoms with Crippen molar-refractivity contribution in [1.82, 2.24) is 15.2 Å². The Morgan fingerprint density at radius 1 is 1.37 bits per heavy atom. The van der Waals surface area contributed by atoms with Crippen LogP contribution >= 0.6 is 0 Å². The highest BCUT2D eigenvalue weighted by molar-refractivity contribution is 6.34. The van der Waals surface area contributed by atoms with Gasteiger partial charge in [0.2, 0.25) is 0 Å². The minimum absolute atomic E-state index is 0.117. The number of aromatic nitrogens is 1. The van der Waals surface area contributed by atoms with Gasteiger partial charge in [0.1, 0.15) is 5.82 Å². The molecule has 0 saturated carbocycles. The zero-order valence-electron chi connectivity index (χ0n) is 17.6. The average molecular weight is 410 g/mol. The van der Waals surface area contributed by atoms with Gasteiger partial charge in [-0.2, -0.15) is 0 Å². The van der Waals surface area contributed by atoms with Crippen LogP contribution in [0.15, 0.2) is 18.2 Å². The van der Waals surface area contributed by atoms with Gasteiger partial charge in [-0.15, -0.1) is 0 Å². The Labute approximate surface area is 175 Å². The molecule has 3 heterocycles. The summed E-state index contributed by atoms with van der Waals surface area (Å²) in [5.41, 5.74) is 4.28. The first kappa shape index (κ1) is 20.3. The van der Waals surface area contributed by atoms with Gasteiger partial charge in [0.25, 0.3) is 11.8 Å². The molecule has 1 saturated heterocycles. The van der Waals surface area contributed by atoms with E-state index in [1.54, 1.807) is 12.1 Å². The fraction of sp³-hybridized carbons (Fsp3) is 0.391. The zero-order chi connectivity index (χ0) is 21.4. The maximum Gasteiger partial charge on any atom is 0.256 e. The first-order valence-electron chi connectivity index (χ1n) is 10.4. The molecular formula is C23H27FN4O2. The molecular weight excluding hydrogens is 383 g/mol. The van der Waals surface area contributed by atoms with Crippen molar-refractivity contribution < 1.29 is 14.0 Å². The number of anilines is 1. The summed E-state index contributed by atoms with van der Waals surface area (Å²) in [5.74, 6) is -0.800. The fourth-order valence-electron chi connectivity index (χ4n) is 4.49. The van der Waals surface area contributed by atoms with E-state index in [1.807, 2.05) is 13.8 Å². The Morgan fingerprint density at radius 3 is 2.90 bits per heavy atom. The van der Waals surface area contributed by atoms with Crippen LogP contribution in [0.25, 0.3) is 11.6 Å². The maximum absolute atomic E-state index is 13.7. The van der Waals surface area contributed by atoms with Crippen LogP contribution in [0.3, 0.4) is 0 Å². The van der Waals surface area contributed by atoms with E-state index in [0.29, 0.717) is 40.7 Å². The van der Waals surface area contributed by atoms with Gasteiger partial charge in [-0.05, 0) is 76.5 Å². The van der Waals surface area contributed by atoms with E-state index < -0.39 is 5.82 Å². The number of fused-ring (bicyclic) bond motifs is 1. The highest BCUT2D eigenvalue weighted by Gasteiger charge is 2.26. The molecule has 2 aromatic rings. The van der Waals surface area contributed by atoms with Crippen molar-refractivity contribution in [1.29, 1.82) is 0 Å². The van der Waals surface area contributed by atoms with E-state index >= 15 is 0 Å². The minimum atomic E-state index is -0.400. The van der Waals surface area contributed by atoms with Gasteiger partial charge in [0.05, 0.1) is 11.1 Å². The maximum atomic E-state index is 13.7. The van der Waals surface area contributed by atoms with Gasteiger partial charge < -0.3 is 20.5 Å². The third-order valence-electron chi connectivity index (χ3n) is 6.19. The van der Waals surface area contributed by atoms with E-state index in [-0.39, 0.29) is 11.8 Å². The van der Waals surface area contributed by atoms with Crippen LogP contribution in [-0.2, 0) is 4.79 Å². The molecule has 2 amide bonds. The summed E-state index contributed by atoms with van der Waals surface area (Å²) in [5, 5.41) is 5.78. The van der Waals surface area contributed by atoms with Gasteiger partial charge in [0, 0.05) is 35.2 Å². The van der Waals surface area contributed by atoms with Crippen LogP contribution in [0.4, 0.5) is 10.1 Å². The number of hydrogen-bond donors (Lipinski definition) is 3. The smallest absolute Gasteiger partial charge is 0.256 e. The molecule has 158 valence electrons. The molecule has 1 aromatic heterocycles. The van der Waals surface area contributed by atoms with E-state index in [2.05, 4.69) is 27.6 Å². The Bertz CT molecular complexity index is 1040. The third kappa shape index (κ3) is 3.77. The SMILES string of the molecule is Cc1[nH]c(C=C2C(=O)Nc3ccc(F)cc32)c(C)c1C(=O)NCCC1CCCN1C. The number of benzene rings is 1. The molecule has 1 atom stereocenters. The van der Waals surface area contributed by atoms with Gasteiger partial charge in [0.15, 0.2) is 0 Å². The fourth-order valence-corrected chi connectivity index (χ4v) is 4.49. The first-order chi connectivity index (χ1) is 14.3. The van der Waals surface area contributed by atoms with Crippen LogP contribution in [0.5, 0.6) is 0 Å². The van der Waals surface area contributed by atoms with E-state index in [9.17, 15) is 14.0 Å². The molecule has 2 aliphatic heterocycles. The largest absolute Gasteiger partial charge is 0.358 e. The Hall–Kier alpha value is -2.93. The second kappa shape index (κ2) is 8.07. The minimum Gasteiger partial charge on any atom is -0.358 e. The molecule has 1 fully saturated rings. The van der Waals surface area contributed by atoms with Crippen LogP contribution in [0.2, 0.25) is 0 Å². The number of amides is 2. The van der Waals surface area contributed by atoms with Crippen molar-refractivity contribution in [2.24, 2.45) is 0 Å². The summed E-state index contributed by atoms with van der Waals surface area (Å²) in [6, 6.07) is 4.74. The number of hydrogen-bond acceptors (Lipinski definition) is 3. The highest BCUT2D eigenvalue weighted by atomic mass is 19.1. The van der Waals surface area contributed by atoms with Crippen LogP contribution < -0.4 is 10.6 Å². The molecule has 1 aromatic carbocycles. The van der Waals surface area contributed by atoms with Gasteiger partial charge in [-0.1, -0.05) is 0 Å². The normalized spacial score (nSPS) is 19.9. The summed E-state index contributed by atoms with van der Waals surface area (Å²) in [6.07, 6.45) is 5.01. The number of H-pyrrole nitrogens is 1. The second-order valence-electron chi connectivity index (χ2n) is 8.19. The van der Waals surface area contributed by atoms with Gasteiger partial charge in [-0.3, -0.25) is 9.59 Å². The highest BCUT2D eigenvalue weighted by Crippen LogP contribution is 2.34. The van der Waals surface area contributed by atoms with Gasteiger partial charge in [-0.25, -0.2) is 4.39 Å². The molecule has 30 heavy (non-hydrogen) atoms. The standard InChI is InChI=1S/C23H27FN4O2/c1-13-20(12-18-17-11-15(24)6-7-19(17)27-22(18)29)26-14(2)21(13)23(30)25-9-8-16-5-4-10-28(16)3/h6-7,11-12,16,26H,4-5,8-10H2,1-3H3,(H,25,30)(H,27,29). The molecule has 1 unspecified atom stereocenters. The molecule has 6 nitrogen and oxygen atoms in total. The number of carbonyl (C=O) groups excluding carboxylic acids is 2. The number of aryl methyl sites for hydroxylation is 1. The molecule has 0 aliphatic carbocycles. The van der Waals surface area contributed by atoms with Crippen LogP contribution in [0.1, 0.15) is 52.1 Å². The lowest BCUT2D eigenvalue weighted by Gasteiger charge is -2.19. The monoisotopic (exact) mass is 410 g/mol. The second-order valence-corrected chi connectivity index (χ2v) is 8.19. The van der Waals surface area contributed by atoms with Crippen molar-refractivity contribution in [3.63, 3.8) is 0 Å². The molecule has 0 bridgehead atoms. The summed E-state index contributed by atoms with van der Waals surface area (Å²) < 4.78 is 13.7. The van der Waals surface area contributed by atoms with Crippen LogP contribution in [0, 0.1) is 19.7 Å². The number of nitrogens with zero attached hydrogens (tertiary/aromatic N) is 1. The molecule has 0 spiro atoms. The quantitative estimate of drug-likeness (QED) is 0.661. The molecule has 7 heteroatoms. The number of rotatable bonds is 5. The lowest BCUT2D eigenvalue weighted by atomic mass is 10.0. The molecule has 2 aliphatic rings. The van der Waals surface area contributed by atoms with Crippen molar-refractivity contribution in [2.45, 2.75) is 39.2 Å². The number of aromatic amines is 1. The van der Waals surface area contributed by atoms with Gasteiger partial charge >= 0.3 is 0 Å². The van der Waals surface area contributed by atoms with E-state index in [0.717, 1.165) is 24.2 Å². The van der Waals surface area contributed by atoms with Crippen molar-refractivity contribution in [3.05, 3.63) is 52.1 Å². The lowest BCUT2D eigenvalue weighted by Crippen LogP contribution is -2.32. The van der Waals surface area contributed by atoms with E-state index in [4.69, 9.17) is 0 Å². The molecule has 3 N–H and O–H groups in total. The summed E-state index contributed by atoms with van der Waals surface area (Å²) in [4.78, 5) is 30.7. The summed E-state index contributed by atoms with van der Waals surface area (Å²) in [6.45, 7) is 5.45. The number of nitrogens with one attached hydrogen (secondary N) is 3. The molecule has 4 rings (SSSR count). The Balaban J connectivity index is 1.53. The summed E-state index contributed by atoms with van der Waals surface area (Å²) >= 11 is 0. The zero-order valence-corrected chi connectivity index (χ0v) is 17.6. The Kier molecular flexibility index (Phi) is 5.47. The number of likely N-dealkylation sites (tertiary alicyclic amines) is 1. The average Bonchev–Trinajstić information content (AvgIpc) is 3.32. The van der Waals surface area contributed by atoms with E-state index in [1.165, 1.54) is 25.0 Å². The van der Waals surface area contributed by atoms with Crippen molar-refractivity contribution in [3.8, 4) is 0 Å². The first-order valence-corrected chi connectivity index (χ1v) is 10.4. The molecule has 0 radical (unpaired) electrons. The summed E-state index contributed by atoms with van der Waals surface area (Å²) in [7, 11) is 2.13. The lowest BCUT2D eigenvalue weighted by molar-refractivity contribution is -0.110. The number of carbonyl (C=O) groups is 2. The van der Waals surface area contributed by atoms with Crippen LogP contribution in [-0.4, -0.2) is 47.9 Å². The van der Waals surface area contributed by atoms with Crippen molar-refractivity contribution >= 4 is 29.2 Å². The predicted molar refractivity (Wildman–Crippen MR) is 116 cm³/mol. The van der Waals surface area contributed by atoms with Crippen molar-refractivity contribution in [2.75, 3.05) is 25.5 Å². The third-order valence-corrected chi connectivity index (χ3v) is 6.19. The Morgan fingerprint density at radius 2 is 2.17 bits per heavy atom.